The van der Waals surface area contributed by atoms with Crippen LogP contribution in [-0.4, -0.2) is 4.57 Å². The van der Waals surface area contributed by atoms with E-state index in [0.717, 1.165) is 0 Å². The molecule has 0 aliphatic heterocycles. The van der Waals surface area contributed by atoms with E-state index in [1.807, 2.05) is 11.3 Å². The van der Waals surface area contributed by atoms with Gasteiger partial charge in [0.25, 0.3) is 0 Å². The van der Waals surface area contributed by atoms with Crippen LogP contribution in [0.3, 0.4) is 0 Å². The Morgan fingerprint density at radius 3 is 1.50 bits per heavy atom. The molecule has 0 bridgehead atoms. The number of nitrogens with zero attached hydrogens (tertiary/aromatic N) is 1. The Labute approximate surface area is 305 Å². The van der Waals surface area contributed by atoms with Crippen LogP contribution in [0.15, 0.2) is 188 Å². The summed E-state index contributed by atoms with van der Waals surface area (Å²) in [6, 6.07) is 66.9. The maximum atomic E-state index is 2.40. The lowest BCUT2D eigenvalue weighted by Crippen LogP contribution is -1.93. The topological polar surface area (TPSA) is 4.93 Å². The smallest absolute Gasteiger partial charge is 0.0707 e. The van der Waals surface area contributed by atoms with Crippen LogP contribution in [0.2, 0.25) is 0 Å². The Morgan fingerprint density at radius 2 is 0.846 bits per heavy atom. The predicted octanol–water partition coefficient (Wildman–Crippen LogP) is 14.5. The SMILES string of the molecule is c1ccc(-c2cc(-c3ccccc3)cc(-c3cccc4c3sc3c4ccc4ccn(-c5ccc6c7ccccc7c7ccccc7c6c5)c43)c2)cc1. The fourth-order valence-electron chi connectivity index (χ4n) is 8.34. The van der Waals surface area contributed by atoms with Crippen molar-refractivity contribution in [3.05, 3.63) is 188 Å². The van der Waals surface area contributed by atoms with Gasteiger partial charge in [0, 0.05) is 32.7 Å². The second-order valence-corrected chi connectivity index (χ2v) is 14.7. The fraction of sp³-hybridized carbons (Fsp3) is 0. The Kier molecular flexibility index (Phi) is 6.49. The summed E-state index contributed by atoms with van der Waals surface area (Å²) in [5.74, 6) is 0. The molecule has 2 aromatic heterocycles. The summed E-state index contributed by atoms with van der Waals surface area (Å²) >= 11 is 1.92. The van der Waals surface area contributed by atoms with E-state index in [-0.39, 0.29) is 0 Å². The lowest BCUT2D eigenvalue weighted by molar-refractivity contribution is 1.14. The first kappa shape index (κ1) is 29.3. The van der Waals surface area contributed by atoms with Crippen molar-refractivity contribution in [1.29, 1.82) is 0 Å². The van der Waals surface area contributed by atoms with Gasteiger partial charge in [-0.1, -0.05) is 146 Å². The highest BCUT2D eigenvalue weighted by Crippen LogP contribution is 2.45. The minimum atomic E-state index is 1.18. The van der Waals surface area contributed by atoms with Gasteiger partial charge in [0.2, 0.25) is 0 Å². The molecule has 0 amide bonds. The standard InChI is InChI=1S/C50H31NS/c1-3-12-32(13-4-1)35-28-36(33-14-5-2-6-15-33)30-37(29-35)39-20-11-21-45-46-24-22-34-26-27-51(48(34)50(46)52-49(39)45)38-23-25-44-42-18-8-7-16-40(42)41-17-9-10-19-43(41)47(44)31-38/h1-31H. The molecule has 0 radical (unpaired) electrons. The summed E-state index contributed by atoms with van der Waals surface area (Å²) in [6.45, 7) is 0. The summed E-state index contributed by atoms with van der Waals surface area (Å²) in [4.78, 5) is 0. The van der Waals surface area contributed by atoms with Crippen molar-refractivity contribution in [1.82, 2.24) is 4.57 Å². The number of aromatic nitrogens is 1. The molecule has 52 heavy (non-hydrogen) atoms. The quantitative estimate of drug-likeness (QED) is 0.163. The van der Waals surface area contributed by atoms with Gasteiger partial charge < -0.3 is 4.57 Å². The maximum absolute atomic E-state index is 2.40. The van der Waals surface area contributed by atoms with Crippen LogP contribution in [0, 0.1) is 0 Å². The monoisotopic (exact) mass is 677 g/mol. The van der Waals surface area contributed by atoms with Crippen molar-refractivity contribution >= 4 is 74.7 Å². The summed E-state index contributed by atoms with van der Waals surface area (Å²) in [5.41, 5.74) is 9.84. The van der Waals surface area contributed by atoms with Crippen molar-refractivity contribution in [2.24, 2.45) is 0 Å². The van der Waals surface area contributed by atoms with Gasteiger partial charge in [-0.25, -0.2) is 0 Å². The van der Waals surface area contributed by atoms with Crippen molar-refractivity contribution < 1.29 is 0 Å². The summed E-state index contributed by atoms with van der Waals surface area (Å²) in [7, 11) is 0. The highest BCUT2D eigenvalue weighted by molar-refractivity contribution is 7.27. The highest BCUT2D eigenvalue weighted by Gasteiger charge is 2.17. The van der Waals surface area contributed by atoms with E-state index in [0.29, 0.717) is 0 Å². The van der Waals surface area contributed by atoms with E-state index in [4.69, 9.17) is 0 Å². The molecule has 0 atom stereocenters. The van der Waals surface area contributed by atoms with E-state index >= 15 is 0 Å². The number of rotatable bonds is 4. The van der Waals surface area contributed by atoms with Gasteiger partial charge in [-0.05, 0) is 102 Å². The predicted molar refractivity (Wildman–Crippen MR) is 225 cm³/mol. The van der Waals surface area contributed by atoms with Gasteiger partial charge in [-0.2, -0.15) is 0 Å². The summed E-state index contributed by atoms with van der Waals surface area (Å²) in [5, 5.41) is 11.6. The first-order valence-electron chi connectivity index (χ1n) is 17.8. The molecule has 0 spiro atoms. The molecule has 0 fully saturated rings. The molecule has 11 aromatic rings. The Morgan fingerprint density at radius 1 is 0.327 bits per heavy atom. The van der Waals surface area contributed by atoms with E-state index in [2.05, 4.69) is 193 Å². The van der Waals surface area contributed by atoms with Crippen LogP contribution in [0.5, 0.6) is 0 Å². The third-order valence-electron chi connectivity index (χ3n) is 10.8. The molecule has 9 aromatic carbocycles. The minimum Gasteiger partial charge on any atom is -0.315 e. The zero-order valence-electron chi connectivity index (χ0n) is 28.3. The fourth-order valence-corrected chi connectivity index (χ4v) is 9.73. The molecule has 0 aliphatic carbocycles. The molecule has 242 valence electrons. The van der Waals surface area contributed by atoms with Crippen LogP contribution in [0.4, 0.5) is 0 Å². The zero-order chi connectivity index (χ0) is 34.2. The molecular formula is C50H31NS. The van der Waals surface area contributed by atoms with Crippen molar-refractivity contribution in [3.8, 4) is 39.1 Å². The third-order valence-corrected chi connectivity index (χ3v) is 12.0. The molecule has 11 rings (SSSR count). The number of benzene rings is 9. The molecule has 2 heterocycles. The molecule has 0 N–H and O–H groups in total. The van der Waals surface area contributed by atoms with Crippen LogP contribution in [-0.2, 0) is 0 Å². The summed E-state index contributed by atoms with van der Waals surface area (Å²) < 4.78 is 5.04. The second kappa shape index (κ2) is 11.5. The molecule has 0 saturated carbocycles. The largest absolute Gasteiger partial charge is 0.315 e. The second-order valence-electron chi connectivity index (χ2n) is 13.7. The Bertz CT molecular complexity index is 3070. The van der Waals surface area contributed by atoms with Crippen molar-refractivity contribution in [2.45, 2.75) is 0 Å². The molecule has 0 unspecified atom stereocenters. The van der Waals surface area contributed by atoms with Crippen LogP contribution in [0.25, 0.3) is 102 Å². The lowest BCUT2D eigenvalue weighted by Gasteiger charge is -2.13. The number of thiophene rings is 1. The molecule has 1 nitrogen and oxygen atoms in total. The van der Waals surface area contributed by atoms with Crippen LogP contribution < -0.4 is 0 Å². The van der Waals surface area contributed by atoms with E-state index in [1.54, 1.807) is 0 Å². The maximum Gasteiger partial charge on any atom is 0.0707 e. The van der Waals surface area contributed by atoms with Gasteiger partial charge in [-0.15, -0.1) is 11.3 Å². The lowest BCUT2D eigenvalue weighted by atomic mass is 9.93. The van der Waals surface area contributed by atoms with Gasteiger partial charge in [0.05, 0.1) is 10.2 Å². The zero-order valence-corrected chi connectivity index (χ0v) is 29.1. The Hall–Kier alpha value is -6.48. The molecule has 0 aliphatic rings. The summed E-state index contributed by atoms with van der Waals surface area (Å²) in [6.07, 6.45) is 2.25. The van der Waals surface area contributed by atoms with E-state index in [9.17, 15) is 0 Å². The van der Waals surface area contributed by atoms with E-state index < -0.39 is 0 Å². The molecule has 2 heteroatoms. The van der Waals surface area contributed by atoms with Gasteiger partial charge in [-0.3, -0.25) is 0 Å². The molecular weight excluding hydrogens is 647 g/mol. The van der Waals surface area contributed by atoms with Crippen LogP contribution in [0.1, 0.15) is 0 Å². The average Bonchev–Trinajstić information content (AvgIpc) is 3.83. The van der Waals surface area contributed by atoms with Crippen molar-refractivity contribution in [2.75, 3.05) is 0 Å². The number of hydrogen-bond acceptors (Lipinski definition) is 1. The third kappa shape index (κ3) is 4.48. The van der Waals surface area contributed by atoms with E-state index in [1.165, 1.54) is 102 Å². The minimum absolute atomic E-state index is 1.18. The highest BCUT2D eigenvalue weighted by atomic mass is 32.1. The number of hydrogen-bond donors (Lipinski definition) is 0. The first-order chi connectivity index (χ1) is 25.8. The normalized spacial score (nSPS) is 11.8. The Balaban J connectivity index is 1.14. The number of fused-ring (bicyclic) bond motifs is 11. The van der Waals surface area contributed by atoms with Gasteiger partial charge in [0.1, 0.15) is 0 Å². The van der Waals surface area contributed by atoms with Crippen LogP contribution >= 0.6 is 11.3 Å². The first-order valence-corrected chi connectivity index (χ1v) is 18.7. The molecule has 0 saturated heterocycles. The average molecular weight is 678 g/mol. The van der Waals surface area contributed by atoms with Crippen molar-refractivity contribution in [3.63, 3.8) is 0 Å². The van der Waals surface area contributed by atoms with Gasteiger partial charge in [0.15, 0.2) is 0 Å². The van der Waals surface area contributed by atoms with Gasteiger partial charge >= 0.3 is 0 Å².